The summed E-state index contributed by atoms with van der Waals surface area (Å²) >= 11 is 12.2. The predicted octanol–water partition coefficient (Wildman–Crippen LogP) is 4.51. The van der Waals surface area contributed by atoms with Crippen LogP contribution >= 0.6 is 23.2 Å². The average molecular weight is 283 g/mol. The molecule has 2 nitrogen and oxygen atoms in total. The molecule has 2 atom stereocenters. The van der Waals surface area contributed by atoms with E-state index in [-0.39, 0.29) is 11.3 Å². The zero-order chi connectivity index (χ0) is 13.1. The molecule has 0 heterocycles. The largest absolute Gasteiger partial charge is 0.469 e. The molecule has 17 heavy (non-hydrogen) atoms. The first-order valence-electron chi connectivity index (χ1n) is 6.45. The van der Waals surface area contributed by atoms with E-state index in [0.717, 1.165) is 38.5 Å². The summed E-state index contributed by atoms with van der Waals surface area (Å²) in [4.78, 5) is 10.9. The normalized spacial score (nSPS) is 14.4. The van der Waals surface area contributed by atoms with Gasteiger partial charge in [-0.3, -0.25) is 4.79 Å². The highest BCUT2D eigenvalue weighted by Crippen LogP contribution is 2.18. The molecule has 0 bridgehead atoms. The van der Waals surface area contributed by atoms with Gasteiger partial charge >= 0.3 is 5.97 Å². The quantitative estimate of drug-likeness (QED) is 0.335. The van der Waals surface area contributed by atoms with Crippen molar-refractivity contribution in [2.24, 2.45) is 0 Å². The number of rotatable bonds is 10. The van der Waals surface area contributed by atoms with Gasteiger partial charge in [0.25, 0.3) is 0 Å². The number of carbonyl (C=O) groups excluding carboxylic acids is 1. The van der Waals surface area contributed by atoms with Crippen molar-refractivity contribution in [2.45, 2.75) is 69.0 Å². The number of hydrogen-bond donors (Lipinski definition) is 0. The third kappa shape index (κ3) is 10.9. The van der Waals surface area contributed by atoms with E-state index in [4.69, 9.17) is 23.2 Å². The van der Waals surface area contributed by atoms with Crippen LogP contribution in [0.15, 0.2) is 0 Å². The lowest BCUT2D eigenvalue weighted by atomic mass is 10.1. The van der Waals surface area contributed by atoms with Crippen LogP contribution in [0.1, 0.15) is 58.3 Å². The molecule has 0 saturated carbocycles. The average Bonchev–Trinajstić information content (AvgIpc) is 2.32. The second-order valence-corrected chi connectivity index (χ2v) is 5.62. The van der Waals surface area contributed by atoms with Crippen molar-refractivity contribution in [3.63, 3.8) is 0 Å². The van der Waals surface area contributed by atoms with Gasteiger partial charge in [-0.15, -0.1) is 23.2 Å². The maximum atomic E-state index is 10.9. The molecule has 4 heteroatoms. The topological polar surface area (TPSA) is 26.3 Å². The molecular weight excluding hydrogens is 259 g/mol. The summed E-state index contributed by atoms with van der Waals surface area (Å²) in [5, 5.41) is 0.387. The van der Waals surface area contributed by atoms with E-state index in [2.05, 4.69) is 11.7 Å². The van der Waals surface area contributed by atoms with Gasteiger partial charge in [0.05, 0.1) is 7.11 Å². The Morgan fingerprint density at radius 1 is 1.06 bits per heavy atom. The molecule has 0 spiro atoms. The van der Waals surface area contributed by atoms with Gasteiger partial charge in [-0.2, -0.15) is 0 Å². The third-order valence-corrected chi connectivity index (χ3v) is 3.65. The molecule has 2 unspecified atom stereocenters. The van der Waals surface area contributed by atoms with Crippen molar-refractivity contribution < 1.29 is 9.53 Å². The number of carbonyl (C=O) groups is 1. The summed E-state index contributed by atoms with van der Waals surface area (Å²) in [5.74, 6) is -0.181. The minimum absolute atomic E-state index is 0.0778. The summed E-state index contributed by atoms with van der Waals surface area (Å²) in [7, 11) is 1.40. The zero-order valence-corrected chi connectivity index (χ0v) is 12.4. The van der Waals surface area contributed by atoms with E-state index < -0.39 is 0 Å². The van der Waals surface area contributed by atoms with E-state index in [1.54, 1.807) is 0 Å². The van der Waals surface area contributed by atoms with Gasteiger partial charge in [0.15, 0.2) is 0 Å². The predicted molar refractivity (Wildman–Crippen MR) is 73.9 cm³/mol. The van der Waals surface area contributed by atoms with Gasteiger partial charge in [-0.1, -0.05) is 26.2 Å². The fourth-order valence-corrected chi connectivity index (χ4v) is 2.35. The SMILES string of the molecule is CCCC(Cl)CCCCC(Cl)CCC(=O)OC. The first kappa shape index (κ1) is 17.1. The van der Waals surface area contributed by atoms with Crippen molar-refractivity contribution in [1.82, 2.24) is 0 Å². The molecule has 0 aliphatic rings. The van der Waals surface area contributed by atoms with Gasteiger partial charge in [0, 0.05) is 17.2 Å². The van der Waals surface area contributed by atoms with Crippen LogP contribution in [-0.2, 0) is 9.53 Å². The van der Waals surface area contributed by atoms with E-state index >= 15 is 0 Å². The number of halogens is 2. The van der Waals surface area contributed by atoms with E-state index in [1.807, 2.05) is 0 Å². The Hall–Kier alpha value is 0.0500. The van der Waals surface area contributed by atoms with E-state index in [0.29, 0.717) is 18.2 Å². The lowest BCUT2D eigenvalue weighted by molar-refractivity contribution is -0.140. The van der Waals surface area contributed by atoms with Crippen molar-refractivity contribution in [1.29, 1.82) is 0 Å². The minimum atomic E-state index is -0.181. The molecule has 0 amide bonds. The van der Waals surface area contributed by atoms with Gasteiger partial charge in [0.2, 0.25) is 0 Å². The molecule has 0 N–H and O–H groups in total. The van der Waals surface area contributed by atoms with E-state index in [1.165, 1.54) is 7.11 Å². The highest BCUT2D eigenvalue weighted by atomic mass is 35.5. The van der Waals surface area contributed by atoms with Crippen molar-refractivity contribution in [2.75, 3.05) is 7.11 Å². The fraction of sp³-hybridized carbons (Fsp3) is 0.923. The first-order chi connectivity index (χ1) is 8.10. The Kier molecular flexibility index (Phi) is 11.2. The number of hydrogen-bond acceptors (Lipinski definition) is 2. The Morgan fingerprint density at radius 2 is 1.59 bits per heavy atom. The Labute approximate surface area is 115 Å². The Bertz CT molecular complexity index is 198. The number of methoxy groups -OCH3 is 1. The third-order valence-electron chi connectivity index (χ3n) is 2.78. The molecule has 0 saturated heterocycles. The summed E-state index contributed by atoms with van der Waals surface area (Å²) in [6.45, 7) is 2.15. The molecule has 0 radical (unpaired) electrons. The zero-order valence-electron chi connectivity index (χ0n) is 10.9. The smallest absolute Gasteiger partial charge is 0.305 e. The van der Waals surface area contributed by atoms with Gasteiger partial charge in [0.1, 0.15) is 0 Å². The molecule has 102 valence electrons. The van der Waals surface area contributed by atoms with Crippen LogP contribution in [0.3, 0.4) is 0 Å². The highest BCUT2D eigenvalue weighted by Gasteiger charge is 2.09. The van der Waals surface area contributed by atoms with Gasteiger partial charge < -0.3 is 4.74 Å². The molecule has 0 fully saturated rings. The van der Waals surface area contributed by atoms with Gasteiger partial charge in [-0.25, -0.2) is 0 Å². The van der Waals surface area contributed by atoms with Gasteiger partial charge in [-0.05, 0) is 25.7 Å². The van der Waals surface area contributed by atoms with Crippen molar-refractivity contribution in [3.8, 4) is 0 Å². The monoisotopic (exact) mass is 282 g/mol. The number of unbranched alkanes of at least 4 members (excludes halogenated alkanes) is 1. The number of ether oxygens (including phenoxy) is 1. The standard InChI is InChI=1S/C13H24Cl2O2/c1-3-6-11(14)7-4-5-8-12(15)9-10-13(16)17-2/h11-12H,3-10H2,1-2H3. The molecule has 0 aromatic rings. The van der Waals surface area contributed by atoms with Crippen LogP contribution in [0.2, 0.25) is 0 Å². The minimum Gasteiger partial charge on any atom is -0.469 e. The lowest BCUT2D eigenvalue weighted by Crippen LogP contribution is -2.06. The highest BCUT2D eigenvalue weighted by molar-refractivity contribution is 6.20. The lowest BCUT2D eigenvalue weighted by Gasteiger charge is -2.10. The van der Waals surface area contributed by atoms with Crippen molar-refractivity contribution in [3.05, 3.63) is 0 Å². The Balaban J connectivity index is 3.38. The summed E-state index contributed by atoms with van der Waals surface area (Å²) in [5.41, 5.74) is 0. The van der Waals surface area contributed by atoms with Crippen LogP contribution in [0.4, 0.5) is 0 Å². The maximum Gasteiger partial charge on any atom is 0.305 e. The van der Waals surface area contributed by atoms with Crippen LogP contribution in [0.5, 0.6) is 0 Å². The summed E-state index contributed by atoms with van der Waals surface area (Å²) < 4.78 is 4.57. The molecule has 0 aliphatic carbocycles. The number of alkyl halides is 2. The molecule has 0 aromatic carbocycles. The fourth-order valence-electron chi connectivity index (χ4n) is 1.71. The first-order valence-corrected chi connectivity index (χ1v) is 7.32. The second kappa shape index (κ2) is 11.2. The second-order valence-electron chi connectivity index (χ2n) is 4.38. The Morgan fingerprint density at radius 3 is 2.06 bits per heavy atom. The van der Waals surface area contributed by atoms with Crippen LogP contribution in [-0.4, -0.2) is 23.8 Å². The van der Waals surface area contributed by atoms with E-state index in [9.17, 15) is 4.79 Å². The molecule has 0 aliphatic heterocycles. The number of esters is 1. The van der Waals surface area contributed by atoms with Crippen LogP contribution in [0, 0.1) is 0 Å². The maximum absolute atomic E-state index is 10.9. The summed E-state index contributed by atoms with van der Waals surface area (Å²) in [6.07, 6.45) is 7.58. The van der Waals surface area contributed by atoms with Crippen LogP contribution in [0.25, 0.3) is 0 Å². The molecule has 0 aromatic heterocycles. The van der Waals surface area contributed by atoms with Crippen LogP contribution < -0.4 is 0 Å². The summed E-state index contributed by atoms with van der Waals surface area (Å²) in [6, 6.07) is 0. The van der Waals surface area contributed by atoms with Crippen molar-refractivity contribution >= 4 is 29.2 Å². The molecule has 0 rings (SSSR count). The molecular formula is C13H24Cl2O2.